The minimum atomic E-state index is -0.958. The highest BCUT2D eigenvalue weighted by molar-refractivity contribution is 7.99. The van der Waals surface area contributed by atoms with Gasteiger partial charge in [-0.2, -0.15) is 0 Å². The Balaban J connectivity index is 1.64. The number of halogens is 1. The van der Waals surface area contributed by atoms with Crippen LogP contribution in [-0.4, -0.2) is 56.4 Å². The molecule has 6 nitrogen and oxygen atoms in total. The number of anilines is 2. The summed E-state index contributed by atoms with van der Waals surface area (Å²) in [7, 11) is 1.60. The number of alkyl halides is 1. The third kappa shape index (κ3) is 4.09. The van der Waals surface area contributed by atoms with Gasteiger partial charge in [-0.05, 0) is 36.8 Å². The molecule has 2 heterocycles. The zero-order valence-electron chi connectivity index (χ0n) is 16.1. The molecule has 1 saturated heterocycles. The predicted octanol–water partition coefficient (Wildman–Crippen LogP) is 4.02. The van der Waals surface area contributed by atoms with Gasteiger partial charge in [0.25, 0.3) is 5.91 Å². The lowest BCUT2D eigenvalue weighted by Gasteiger charge is -2.23. The molecule has 0 unspecified atom stereocenters. The largest absolute Gasteiger partial charge is 0.383 e. The Morgan fingerprint density at radius 2 is 2.10 bits per heavy atom. The van der Waals surface area contributed by atoms with Crippen molar-refractivity contribution in [2.75, 3.05) is 43.6 Å². The number of ether oxygens (including phenoxy) is 1. The lowest BCUT2D eigenvalue weighted by molar-refractivity contribution is 0.0973. The lowest BCUT2D eigenvalue weighted by Crippen LogP contribution is -2.34. The second-order valence-corrected chi connectivity index (χ2v) is 8.08. The molecule has 0 radical (unpaired) electrons. The number of benzene rings is 2. The van der Waals surface area contributed by atoms with Crippen molar-refractivity contribution in [3.63, 3.8) is 0 Å². The molecule has 2 aliphatic heterocycles. The number of carbonyl (C=O) groups excluding carboxylic acids is 2. The molecule has 8 heteroatoms. The highest BCUT2D eigenvalue weighted by Gasteiger charge is 2.28. The van der Waals surface area contributed by atoms with E-state index < -0.39 is 6.17 Å². The standard InChI is InChI=1S/C21H22FN3O3S/c1-28-11-10-25-17-7-6-15(23-21(27)24-9-8-14(22)13-24)12-19(17)29-18-5-3-2-4-16(18)20(25)26/h2-7,12,14H,8-11,13H2,1H3,(H,23,27)/t14-/m0/s1. The fourth-order valence-corrected chi connectivity index (χ4v) is 4.63. The van der Waals surface area contributed by atoms with Crippen LogP contribution in [0.5, 0.6) is 0 Å². The van der Waals surface area contributed by atoms with Crippen LogP contribution in [0, 0.1) is 0 Å². The van der Waals surface area contributed by atoms with E-state index in [2.05, 4.69) is 5.32 Å². The van der Waals surface area contributed by atoms with Crippen LogP contribution in [0.3, 0.4) is 0 Å². The van der Waals surface area contributed by atoms with Gasteiger partial charge in [0.1, 0.15) is 6.17 Å². The van der Waals surface area contributed by atoms with Gasteiger partial charge < -0.3 is 19.9 Å². The monoisotopic (exact) mass is 415 g/mol. The van der Waals surface area contributed by atoms with Gasteiger partial charge in [0.2, 0.25) is 0 Å². The molecule has 0 saturated carbocycles. The van der Waals surface area contributed by atoms with Crippen LogP contribution >= 0.6 is 11.8 Å². The van der Waals surface area contributed by atoms with Gasteiger partial charge in [0, 0.05) is 35.7 Å². The summed E-state index contributed by atoms with van der Waals surface area (Å²) in [4.78, 5) is 30.4. The van der Waals surface area contributed by atoms with Gasteiger partial charge >= 0.3 is 6.03 Å². The molecule has 0 spiro atoms. The van der Waals surface area contributed by atoms with E-state index in [9.17, 15) is 14.0 Å². The van der Waals surface area contributed by atoms with Gasteiger partial charge in [-0.15, -0.1) is 0 Å². The second kappa shape index (κ2) is 8.42. The SMILES string of the molecule is COCCN1C(=O)c2ccccc2Sc2cc(NC(=O)N3CC[C@H](F)C3)ccc21. The Morgan fingerprint density at radius 3 is 2.86 bits per heavy atom. The zero-order chi connectivity index (χ0) is 20.4. The highest BCUT2D eigenvalue weighted by Crippen LogP contribution is 2.42. The minimum absolute atomic E-state index is 0.0771. The van der Waals surface area contributed by atoms with E-state index in [-0.39, 0.29) is 18.5 Å². The Labute approximate surface area is 173 Å². The summed E-state index contributed by atoms with van der Waals surface area (Å²) in [6.45, 7) is 1.38. The number of hydrogen-bond acceptors (Lipinski definition) is 4. The van der Waals surface area contributed by atoms with Crippen LogP contribution in [0.4, 0.5) is 20.6 Å². The molecular formula is C21H22FN3O3S. The van der Waals surface area contributed by atoms with Gasteiger partial charge in [-0.3, -0.25) is 4.79 Å². The Morgan fingerprint density at radius 1 is 1.28 bits per heavy atom. The second-order valence-electron chi connectivity index (χ2n) is 6.99. The molecule has 1 N–H and O–H groups in total. The van der Waals surface area contributed by atoms with Crippen molar-refractivity contribution in [2.45, 2.75) is 22.4 Å². The molecule has 2 aliphatic rings. The van der Waals surface area contributed by atoms with Crippen molar-refractivity contribution >= 4 is 35.1 Å². The summed E-state index contributed by atoms with van der Waals surface area (Å²) in [6.07, 6.45) is -0.582. The number of methoxy groups -OCH3 is 1. The number of carbonyl (C=O) groups is 2. The molecule has 152 valence electrons. The lowest BCUT2D eigenvalue weighted by atomic mass is 10.1. The van der Waals surface area contributed by atoms with E-state index in [0.717, 1.165) is 15.5 Å². The summed E-state index contributed by atoms with van der Waals surface area (Å²) in [5.74, 6) is -0.0771. The Kier molecular flexibility index (Phi) is 5.73. The average Bonchev–Trinajstić information content (AvgIpc) is 3.11. The fraction of sp³-hybridized carbons (Fsp3) is 0.333. The summed E-state index contributed by atoms with van der Waals surface area (Å²) in [6, 6.07) is 12.6. The third-order valence-electron chi connectivity index (χ3n) is 5.02. The van der Waals surface area contributed by atoms with Crippen LogP contribution < -0.4 is 10.2 Å². The number of fused-ring (bicyclic) bond motifs is 2. The molecule has 29 heavy (non-hydrogen) atoms. The van der Waals surface area contributed by atoms with Crippen LogP contribution in [-0.2, 0) is 4.74 Å². The normalized spacial score (nSPS) is 18.3. The number of hydrogen-bond donors (Lipinski definition) is 1. The quantitative estimate of drug-likeness (QED) is 0.819. The van der Waals surface area contributed by atoms with Gasteiger partial charge in [0.05, 0.1) is 24.4 Å². The molecule has 0 bridgehead atoms. The van der Waals surface area contributed by atoms with E-state index in [1.165, 1.54) is 16.7 Å². The Hall–Kier alpha value is -2.58. The maximum atomic E-state index is 13.4. The van der Waals surface area contributed by atoms with Crippen molar-refractivity contribution in [1.82, 2.24) is 4.90 Å². The Bertz CT molecular complexity index is 939. The van der Waals surface area contributed by atoms with Crippen molar-refractivity contribution in [3.05, 3.63) is 48.0 Å². The van der Waals surface area contributed by atoms with Crippen LogP contribution in [0.2, 0.25) is 0 Å². The van der Waals surface area contributed by atoms with Gasteiger partial charge in [0.15, 0.2) is 0 Å². The van der Waals surface area contributed by atoms with Crippen LogP contribution in [0.15, 0.2) is 52.3 Å². The molecular weight excluding hydrogens is 393 g/mol. The van der Waals surface area contributed by atoms with Gasteiger partial charge in [-0.25, -0.2) is 9.18 Å². The van der Waals surface area contributed by atoms with Crippen molar-refractivity contribution in [3.8, 4) is 0 Å². The molecule has 1 atom stereocenters. The summed E-state index contributed by atoms with van der Waals surface area (Å²) < 4.78 is 18.6. The first-order chi connectivity index (χ1) is 14.1. The van der Waals surface area contributed by atoms with Crippen LogP contribution in [0.25, 0.3) is 0 Å². The number of urea groups is 1. The molecule has 2 aromatic rings. The van der Waals surface area contributed by atoms with Crippen molar-refractivity contribution in [1.29, 1.82) is 0 Å². The number of nitrogens with zero attached hydrogens (tertiary/aromatic N) is 2. The first-order valence-corrected chi connectivity index (χ1v) is 10.3. The summed E-state index contributed by atoms with van der Waals surface area (Å²) in [5.41, 5.74) is 2.03. The van der Waals surface area contributed by atoms with E-state index >= 15 is 0 Å². The zero-order valence-corrected chi connectivity index (χ0v) is 16.9. The molecule has 1 fully saturated rings. The number of likely N-dealkylation sites (tertiary alicyclic amines) is 1. The number of rotatable bonds is 4. The maximum Gasteiger partial charge on any atom is 0.321 e. The fourth-order valence-electron chi connectivity index (χ4n) is 3.51. The van der Waals surface area contributed by atoms with E-state index in [1.807, 2.05) is 36.4 Å². The van der Waals surface area contributed by atoms with Crippen molar-refractivity contribution in [2.24, 2.45) is 0 Å². The van der Waals surface area contributed by atoms with Crippen molar-refractivity contribution < 1.29 is 18.7 Å². The summed E-state index contributed by atoms with van der Waals surface area (Å²) >= 11 is 1.49. The minimum Gasteiger partial charge on any atom is -0.383 e. The topological polar surface area (TPSA) is 61.9 Å². The van der Waals surface area contributed by atoms with E-state index in [1.54, 1.807) is 18.1 Å². The number of amides is 3. The molecule has 2 aromatic carbocycles. The third-order valence-corrected chi connectivity index (χ3v) is 6.14. The first kappa shape index (κ1) is 19.7. The number of nitrogens with one attached hydrogen (secondary N) is 1. The van der Waals surface area contributed by atoms with E-state index in [0.29, 0.717) is 37.4 Å². The molecule has 4 rings (SSSR count). The van der Waals surface area contributed by atoms with E-state index in [4.69, 9.17) is 4.74 Å². The molecule has 0 aromatic heterocycles. The molecule has 0 aliphatic carbocycles. The molecule has 3 amide bonds. The maximum absolute atomic E-state index is 13.4. The average molecular weight is 415 g/mol. The highest BCUT2D eigenvalue weighted by atomic mass is 32.2. The smallest absolute Gasteiger partial charge is 0.321 e. The van der Waals surface area contributed by atoms with Gasteiger partial charge in [-0.1, -0.05) is 23.9 Å². The predicted molar refractivity (Wildman–Crippen MR) is 111 cm³/mol. The summed E-state index contributed by atoms with van der Waals surface area (Å²) in [5, 5.41) is 2.85. The first-order valence-electron chi connectivity index (χ1n) is 9.48. The van der Waals surface area contributed by atoms with Crippen LogP contribution in [0.1, 0.15) is 16.8 Å².